The van der Waals surface area contributed by atoms with Crippen molar-refractivity contribution in [1.29, 1.82) is 0 Å². The van der Waals surface area contributed by atoms with Crippen molar-refractivity contribution in [2.24, 2.45) is 0 Å². The van der Waals surface area contributed by atoms with Crippen LogP contribution in [0.5, 0.6) is 0 Å². The molecule has 1 N–H and O–H groups in total. The van der Waals surface area contributed by atoms with Gasteiger partial charge >= 0.3 is 0 Å². The monoisotopic (exact) mass is 313 g/mol. The average Bonchev–Trinajstić information content (AvgIpc) is 2.89. The molecule has 0 saturated carbocycles. The number of benzene rings is 2. The van der Waals surface area contributed by atoms with Crippen LogP contribution in [0.2, 0.25) is 0 Å². The Balaban J connectivity index is 2.09. The topological polar surface area (TPSA) is 78.2 Å². The summed E-state index contributed by atoms with van der Waals surface area (Å²) < 4.78 is 29.2. The SMILES string of the molecule is Cc1onc(-c2ccccc2)c1-c1cccc(NS(=O)[O-])c1. The van der Waals surface area contributed by atoms with Crippen molar-refractivity contribution in [3.05, 3.63) is 60.4 Å². The summed E-state index contributed by atoms with van der Waals surface area (Å²) >= 11 is -2.36. The molecule has 112 valence electrons. The third-order valence-electron chi connectivity index (χ3n) is 3.26. The summed E-state index contributed by atoms with van der Waals surface area (Å²) in [6.07, 6.45) is 0. The van der Waals surface area contributed by atoms with Crippen LogP contribution in [0.15, 0.2) is 59.1 Å². The van der Waals surface area contributed by atoms with E-state index >= 15 is 0 Å². The van der Waals surface area contributed by atoms with Crippen LogP contribution >= 0.6 is 0 Å². The summed E-state index contributed by atoms with van der Waals surface area (Å²) in [6.45, 7) is 1.83. The van der Waals surface area contributed by atoms with Gasteiger partial charge in [-0.25, -0.2) is 0 Å². The van der Waals surface area contributed by atoms with E-state index in [1.807, 2.05) is 43.3 Å². The van der Waals surface area contributed by atoms with Crippen LogP contribution in [-0.2, 0) is 11.3 Å². The molecule has 3 rings (SSSR count). The maximum Gasteiger partial charge on any atom is 0.142 e. The first-order valence-corrected chi connectivity index (χ1v) is 7.70. The lowest BCUT2D eigenvalue weighted by Gasteiger charge is -2.10. The molecule has 0 aliphatic heterocycles. The number of hydrogen-bond donors (Lipinski definition) is 1. The van der Waals surface area contributed by atoms with E-state index in [1.165, 1.54) is 0 Å². The first-order chi connectivity index (χ1) is 10.6. The van der Waals surface area contributed by atoms with E-state index in [2.05, 4.69) is 9.88 Å². The van der Waals surface area contributed by atoms with Gasteiger partial charge in [0.2, 0.25) is 0 Å². The first-order valence-electron chi connectivity index (χ1n) is 6.63. The van der Waals surface area contributed by atoms with E-state index in [0.29, 0.717) is 11.4 Å². The van der Waals surface area contributed by atoms with Gasteiger partial charge in [-0.15, -0.1) is 0 Å². The molecule has 1 aromatic heterocycles. The van der Waals surface area contributed by atoms with Gasteiger partial charge in [0.1, 0.15) is 11.5 Å². The van der Waals surface area contributed by atoms with Crippen molar-refractivity contribution in [2.45, 2.75) is 6.92 Å². The Bertz CT molecular complexity index is 815. The number of hydrogen-bond acceptors (Lipinski definition) is 4. The van der Waals surface area contributed by atoms with Crippen LogP contribution in [0.25, 0.3) is 22.4 Å². The lowest BCUT2D eigenvalue weighted by Crippen LogP contribution is -2.01. The maximum atomic E-state index is 10.8. The van der Waals surface area contributed by atoms with Gasteiger partial charge in [0.05, 0.1) is 5.56 Å². The Morgan fingerprint density at radius 3 is 2.55 bits per heavy atom. The highest BCUT2D eigenvalue weighted by atomic mass is 32.2. The smallest absolute Gasteiger partial charge is 0.142 e. The number of nitrogens with zero attached hydrogens (tertiary/aromatic N) is 1. The predicted molar refractivity (Wildman–Crippen MR) is 84.7 cm³/mol. The molecule has 0 radical (unpaired) electrons. The van der Waals surface area contributed by atoms with Crippen molar-refractivity contribution >= 4 is 17.0 Å². The highest BCUT2D eigenvalue weighted by molar-refractivity contribution is 7.80. The summed E-state index contributed by atoms with van der Waals surface area (Å²) in [5.41, 5.74) is 3.86. The minimum atomic E-state index is -2.36. The second kappa shape index (κ2) is 6.13. The molecule has 0 bridgehead atoms. The number of rotatable bonds is 4. The summed E-state index contributed by atoms with van der Waals surface area (Å²) in [5.74, 6) is 0.680. The third kappa shape index (κ3) is 2.93. The number of aromatic nitrogens is 1. The third-order valence-corrected chi connectivity index (χ3v) is 3.66. The van der Waals surface area contributed by atoms with Crippen LogP contribution in [-0.4, -0.2) is 13.9 Å². The molecule has 6 heteroatoms. The summed E-state index contributed by atoms with van der Waals surface area (Å²) in [6, 6.07) is 16.8. The number of aryl methyl sites for hydroxylation is 1. The number of nitrogens with one attached hydrogen (secondary N) is 1. The van der Waals surface area contributed by atoms with Crippen LogP contribution in [0.4, 0.5) is 5.69 Å². The van der Waals surface area contributed by atoms with Crippen LogP contribution in [0, 0.1) is 6.92 Å². The van der Waals surface area contributed by atoms with E-state index in [9.17, 15) is 8.76 Å². The van der Waals surface area contributed by atoms with Crippen LogP contribution < -0.4 is 4.72 Å². The molecule has 1 unspecified atom stereocenters. The fourth-order valence-corrected chi connectivity index (χ4v) is 2.66. The van der Waals surface area contributed by atoms with E-state index < -0.39 is 11.3 Å². The minimum absolute atomic E-state index is 0.491. The van der Waals surface area contributed by atoms with E-state index in [4.69, 9.17) is 4.52 Å². The van der Waals surface area contributed by atoms with E-state index in [1.54, 1.807) is 18.2 Å². The molecule has 1 atom stereocenters. The highest BCUT2D eigenvalue weighted by Gasteiger charge is 2.16. The maximum absolute atomic E-state index is 10.8. The van der Waals surface area contributed by atoms with Crippen LogP contribution in [0.3, 0.4) is 0 Å². The summed E-state index contributed by atoms with van der Waals surface area (Å²) in [4.78, 5) is 0. The second-order valence-corrected chi connectivity index (χ2v) is 5.42. The van der Waals surface area contributed by atoms with Gasteiger partial charge in [-0.2, -0.15) is 0 Å². The van der Waals surface area contributed by atoms with Gasteiger partial charge in [-0.3, -0.25) is 4.21 Å². The molecule has 0 spiro atoms. The zero-order valence-corrected chi connectivity index (χ0v) is 12.6. The van der Waals surface area contributed by atoms with Crippen molar-refractivity contribution in [3.63, 3.8) is 0 Å². The number of anilines is 1. The quantitative estimate of drug-likeness (QED) is 0.747. The molecule has 0 amide bonds. The Morgan fingerprint density at radius 2 is 1.82 bits per heavy atom. The molecule has 3 aromatic rings. The lowest BCUT2D eigenvalue weighted by atomic mass is 9.99. The van der Waals surface area contributed by atoms with Crippen molar-refractivity contribution < 1.29 is 13.3 Å². The highest BCUT2D eigenvalue weighted by Crippen LogP contribution is 2.35. The molecule has 0 aliphatic rings. The molecular formula is C16H13N2O3S-. The molecular weight excluding hydrogens is 300 g/mol. The van der Waals surface area contributed by atoms with Crippen LogP contribution in [0.1, 0.15) is 5.76 Å². The molecule has 0 fully saturated rings. The van der Waals surface area contributed by atoms with Gasteiger partial charge in [0.25, 0.3) is 0 Å². The van der Waals surface area contributed by atoms with Gasteiger partial charge in [0, 0.05) is 22.5 Å². The molecule has 5 nitrogen and oxygen atoms in total. The Labute approximate surface area is 130 Å². The predicted octanol–water partition coefficient (Wildman–Crippen LogP) is 3.52. The van der Waals surface area contributed by atoms with Crippen molar-refractivity contribution in [3.8, 4) is 22.4 Å². The van der Waals surface area contributed by atoms with Crippen molar-refractivity contribution in [2.75, 3.05) is 4.72 Å². The Morgan fingerprint density at radius 1 is 1.09 bits per heavy atom. The van der Waals surface area contributed by atoms with Crippen molar-refractivity contribution in [1.82, 2.24) is 5.16 Å². The Hall–Kier alpha value is -2.44. The zero-order valence-electron chi connectivity index (χ0n) is 11.8. The minimum Gasteiger partial charge on any atom is -0.755 e. The van der Waals surface area contributed by atoms with Gasteiger partial charge in [0.15, 0.2) is 0 Å². The van der Waals surface area contributed by atoms with E-state index in [-0.39, 0.29) is 0 Å². The van der Waals surface area contributed by atoms with E-state index in [0.717, 1.165) is 22.4 Å². The fourth-order valence-electron chi connectivity index (χ4n) is 2.34. The molecule has 22 heavy (non-hydrogen) atoms. The first kappa shape index (κ1) is 14.5. The molecule has 1 heterocycles. The Kier molecular flexibility index (Phi) is 4.04. The van der Waals surface area contributed by atoms with Gasteiger partial charge in [-0.1, -0.05) is 47.6 Å². The largest absolute Gasteiger partial charge is 0.755 e. The second-order valence-electron chi connectivity index (χ2n) is 4.75. The van der Waals surface area contributed by atoms with Gasteiger partial charge < -0.3 is 13.8 Å². The molecule has 0 saturated heterocycles. The normalized spacial score (nSPS) is 12.1. The summed E-state index contributed by atoms with van der Waals surface area (Å²) in [7, 11) is 0. The average molecular weight is 313 g/mol. The van der Waals surface area contributed by atoms with Gasteiger partial charge in [-0.05, 0) is 24.6 Å². The lowest BCUT2D eigenvalue weighted by molar-refractivity contribution is 0.400. The zero-order chi connectivity index (χ0) is 15.5. The molecule has 0 aliphatic carbocycles. The standard InChI is InChI=1S/C16H14N2O3S/c1-11-15(13-8-5-9-14(10-13)18-22(19)20)16(17-21-11)12-6-3-2-4-7-12/h2-10,18H,1H3,(H,19,20)/p-1. The molecule has 2 aromatic carbocycles. The fraction of sp³-hybridized carbons (Fsp3) is 0.0625. The summed E-state index contributed by atoms with van der Waals surface area (Å²) in [5, 5.41) is 4.14.